The molecular weight excluding hydrogens is 366 g/mol. The Balaban J connectivity index is 1.50. The van der Waals surface area contributed by atoms with Gasteiger partial charge in [0.15, 0.2) is 11.5 Å². The molecule has 0 amide bonds. The van der Waals surface area contributed by atoms with Crippen molar-refractivity contribution < 1.29 is 4.42 Å². The second kappa shape index (κ2) is 6.39. The van der Waals surface area contributed by atoms with Gasteiger partial charge in [-0.3, -0.25) is 10.1 Å². The molecule has 29 heavy (non-hydrogen) atoms. The predicted octanol–water partition coefficient (Wildman–Crippen LogP) is 3.53. The molecule has 0 aliphatic carbocycles. The first-order valence-electron chi connectivity index (χ1n) is 9.49. The molecule has 0 saturated carbocycles. The number of pyridine rings is 2. The van der Waals surface area contributed by atoms with Gasteiger partial charge in [0.05, 0.1) is 35.5 Å². The Morgan fingerprint density at radius 2 is 2.00 bits per heavy atom. The quantitative estimate of drug-likeness (QED) is 0.440. The van der Waals surface area contributed by atoms with E-state index in [4.69, 9.17) is 14.4 Å². The van der Waals surface area contributed by atoms with Crippen LogP contribution in [0.15, 0.2) is 53.6 Å². The fourth-order valence-corrected chi connectivity index (χ4v) is 3.77. The van der Waals surface area contributed by atoms with E-state index in [2.05, 4.69) is 31.6 Å². The number of H-pyrrole nitrogens is 2. The lowest BCUT2D eigenvalue weighted by atomic mass is 10.1. The van der Waals surface area contributed by atoms with Gasteiger partial charge in [-0.2, -0.15) is 5.10 Å². The predicted molar refractivity (Wildman–Crippen MR) is 110 cm³/mol. The lowest BCUT2D eigenvalue weighted by molar-refractivity contribution is 0.568. The fraction of sp³-hybridized carbons (Fsp3) is 0.143. The van der Waals surface area contributed by atoms with Crippen LogP contribution in [0.3, 0.4) is 0 Å². The van der Waals surface area contributed by atoms with Crippen LogP contribution >= 0.6 is 0 Å². The number of rotatable bonds is 3. The highest BCUT2D eigenvalue weighted by Crippen LogP contribution is 2.31. The van der Waals surface area contributed by atoms with Crippen molar-refractivity contribution in [2.24, 2.45) is 0 Å². The number of hydrogen-bond donors (Lipinski definition) is 3. The Morgan fingerprint density at radius 3 is 2.86 bits per heavy atom. The van der Waals surface area contributed by atoms with Crippen molar-refractivity contribution in [3.8, 4) is 22.6 Å². The maximum Gasteiger partial charge on any atom is 0.161 e. The molecule has 3 N–H and O–H groups in total. The Labute approximate surface area is 165 Å². The molecule has 0 atom stereocenters. The monoisotopic (exact) mass is 383 g/mol. The van der Waals surface area contributed by atoms with Crippen LogP contribution in [0.1, 0.15) is 12.1 Å². The SMILES string of the molecule is C1=C(c2ccc3[nH]nc(-c4nc5c(-c6ccoc6)cncc5[nH]4)c3n2)CCNC1. The summed E-state index contributed by atoms with van der Waals surface area (Å²) in [5.41, 5.74) is 8.14. The van der Waals surface area contributed by atoms with Crippen molar-refractivity contribution in [3.63, 3.8) is 0 Å². The van der Waals surface area contributed by atoms with E-state index in [1.807, 2.05) is 18.2 Å². The van der Waals surface area contributed by atoms with Gasteiger partial charge in [-0.1, -0.05) is 6.08 Å². The van der Waals surface area contributed by atoms with E-state index in [9.17, 15) is 0 Å². The van der Waals surface area contributed by atoms with Gasteiger partial charge in [-0.25, -0.2) is 9.97 Å². The van der Waals surface area contributed by atoms with Crippen LogP contribution in [0, 0.1) is 0 Å². The summed E-state index contributed by atoms with van der Waals surface area (Å²) in [6.07, 6.45) is 10.1. The molecule has 8 heteroatoms. The van der Waals surface area contributed by atoms with Gasteiger partial charge in [-0.15, -0.1) is 0 Å². The molecule has 1 aliphatic heterocycles. The number of nitrogens with one attached hydrogen (secondary N) is 3. The lowest BCUT2D eigenvalue weighted by Crippen LogP contribution is -2.20. The average molecular weight is 383 g/mol. The van der Waals surface area contributed by atoms with E-state index in [0.717, 1.165) is 58.4 Å². The molecule has 6 rings (SSSR count). The summed E-state index contributed by atoms with van der Waals surface area (Å²) in [4.78, 5) is 17.4. The molecule has 1 aliphatic rings. The Hall–Kier alpha value is -3.78. The lowest BCUT2D eigenvalue weighted by Gasteiger charge is -2.13. The van der Waals surface area contributed by atoms with Crippen molar-refractivity contribution in [2.75, 3.05) is 13.1 Å². The van der Waals surface area contributed by atoms with Gasteiger partial charge in [-0.05, 0) is 36.7 Å². The van der Waals surface area contributed by atoms with Gasteiger partial charge in [0.2, 0.25) is 0 Å². The molecule has 0 radical (unpaired) electrons. The third-order valence-corrected chi connectivity index (χ3v) is 5.25. The number of aromatic amines is 2. The van der Waals surface area contributed by atoms with Crippen LogP contribution in [0.5, 0.6) is 0 Å². The topological polar surface area (TPSA) is 108 Å². The van der Waals surface area contributed by atoms with Gasteiger partial charge < -0.3 is 14.7 Å². The van der Waals surface area contributed by atoms with Crippen molar-refractivity contribution >= 4 is 27.6 Å². The number of furan rings is 1. The Morgan fingerprint density at radius 1 is 1.00 bits per heavy atom. The number of imidazole rings is 1. The first-order valence-corrected chi connectivity index (χ1v) is 9.49. The van der Waals surface area contributed by atoms with E-state index < -0.39 is 0 Å². The highest BCUT2D eigenvalue weighted by Gasteiger charge is 2.18. The molecule has 6 heterocycles. The highest BCUT2D eigenvalue weighted by atomic mass is 16.3. The summed E-state index contributed by atoms with van der Waals surface area (Å²) < 4.78 is 5.22. The van der Waals surface area contributed by atoms with E-state index in [0.29, 0.717) is 11.5 Å². The third-order valence-electron chi connectivity index (χ3n) is 5.25. The molecular formula is C21H17N7O. The molecule has 0 saturated heterocycles. The van der Waals surface area contributed by atoms with Crippen LogP contribution < -0.4 is 5.32 Å². The highest BCUT2D eigenvalue weighted by molar-refractivity contribution is 5.95. The number of nitrogens with zero attached hydrogens (tertiary/aromatic N) is 4. The molecule has 142 valence electrons. The summed E-state index contributed by atoms with van der Waals surface area (Å²) in [7, 11) is 0. The van der Waals surface area contributed by atoms with E-state index in [-0.39, 0.29) is 0 Å². The van der Waals surface area contributed by atoms with Crippen LogP contribution in [0.4, 0.5) is 0 Å². The molecule has 5 aromatic rings. The number of fused-ring (bicyclic) bond motifs is 2. The van der Waals surface area contributed by atoms with Crippen LogP contribution in [0.25, 0.3) is 50.3 Å². The molecule has 8 nitrogen and oxygen atoms in total. The van der Waals surface area contributed by atoms with Gasteiger partial charge in [0.1, 0.15) is 11.0 Å². The van der Waals surface area contributed by atoms with Crippen molar-refractivity contribution in [1.29, 1.82) is 0 Å². The normalized spacial score (nSPS) is 14.6. The van der Waals surface area contributed by atoms with Crippen molar-refractivity contribution in [2.45, 2.75) is 6.42 Å². The summed E-state index contributed by atoms with van der Waals surface area (Å²) in [5.74, 6) is 0.660. The Kier molecular flexibility index (Phi) is 3.57. The zero-order valence-electron chi connectivity index (χ0n) is 15.4. The molecule has 0 bridgehead atoms. The van der Waals surface area contributed by atoms with Gasteiger partial charge >= 0.3 is 0 Å². The average Bonchev–Trinajstić information content (AvgIpc) is 3.52. The zero-order valence-corrected chi connectivity index (χ0v) is 15.4. The van der Waals surface area contributed by atoms with E-state index >= 15 is 0 Å². The number of aromatic nitrogens is 6. The second-order valence-corrected chi connectivity index (χ2v) is 7.03. The second-order valence-electron chi connectivity index (χ2n) is 7.03. The summed E-state index contributed by atoms with van der Waals surface area (Å²) in [5, 5.41) is 10.9. The number of hydrogen-bond acceptors (Lipinski definition) is 6. The van der Waals surface area contributed by atoms with E-state index in [1.165, 1.54) is 5.57 Å². The van der Waals surface area contributed by atoms with E-state index in [1.54, 1.807) is 24.9 Å². The molecule has 0 fully saturated rings. The first-order chi connectivity index (χ1) is 14.4. The van der Waals surface area contributed by atoms with Gasteiger partial charge in [0.25, 0.3) is 0 Å². The van der Waals surface area contributed by atoms with Crippen molar-refractivity contribution in [3.05, 3.63) is 54.9 Å². The minimum absolute atomic E-state index is 0.660. The zero-order chi connectivity index (χ0) is 19.2. The summed E-state index contributed by atoms with van der Waals surface area (Å²) in [6, 6.07) is 5.97. The third kappa shape index (κ3) is 2.65. The standard InChI is InChI=1S/C21H17N7O/c1-2-16-19(24-15(1)12-3-6-22-7-4-12)20(28-27-16)21-25-17-10-23-9-14(18(17)26-21)13-5-8-29-11-13/h1-3,5,8-11,22H,4,6-7H2,(H,25,26)(H,27,28). The minimum Gasteiger partial charge on any atom is -0.472 e. The Bertz CT molecular complexity index is 1360. The van der Waals surface area contributed by atoms with Gasteiger partial charge in [0, 0.05) is 23.9 Å². The van der Waals surface area contributed by atoms with Crippen LogP contribution in [0.2, 0.25) is 0 Å². The smallest absolute Gasteiger partial charge is 0.161 e. The summed E-state index contributed by atoms with van der Waals surface area (Å²) in [6.45, 7) is 1.85. The molecule has 0 spiro atoms. The minimum atomic E-state index is 0.660. The van der Waals surface area contributed by atoms with Crippen molar-refractivity contribution in [1.82, 2.24) is 35.5 Å². The molecule has 0 unspecified atom stereocenters. The maximum atomic E-state index is 5.22. The van der Waals surface area contributed by atoms with Crippen LogP contribution in [-0.4, -0.2) is 43.2 Å². The molecule has 5 aromatic heterocycles. The van der Waals surface area contributed by atoms with Crippen LogP contribution in [-0.2, 0) is 0 Å². The molecule has 0 aromatic carbocycles. The fourth-order valence-electron chi connectivity index (χ4n) is 3.77. The summed E-state index contributed by atoms with van der Waals surface area (Å²) >= 11 is 0. The largest absolute Gasteiger partial charge is 0.472 e. The first kappa shape index (κ1) is 16.2. The maximum absolute atomic E-state index is 5.22.